The summed E-state index contributed by atoms with van der Waals surface area (Å²) < 4.78 is 6.59. The Kier molecular flexibility index (Phi) is 4.96. The molecular weight excluding hydrogens is 316 g/mol. The van der Waals surface area contributed by atoms with E-state index in [1.54, 1.807) is 12.1 Å². The minimum Gasteiger partial charge on any atom is -0.488 e. The topological polar surface area (TPSA) is 26.3 Å². The van der Waals surface area contributed by atoms with Crippen LogP contribution >= 0.6 is 15.9 Å². The molecule has 0 fully saturated rings. The highest BCUT2D eigenvalue weighted by atomic mass is 79.9. The summed E-state index contributed by atoms with van der Waals surface area (Å²) >= 11 is 3.34. The highest BCUT2D eigenvalue weighted by molar-refractivity contribution is 9.10. The average Bonchev–Trinajstić information content (AvgIpc) is 2.46. The van der Waals surface area contributed by atoms with Crippen molar-refractivity contribution >= 4 is 22.2 Å². The van der Waals surface area contributed by atoms with Gasteiger partial charge in [-0.15, -0.1) is 0 Å². The number of benzene rings is 2. The van der Waals surface area contributed by atoms with Gasteiger partial charge in [0, 0.05) is 4.47 Å². The van der Waals surface area contributed by atoms with Gasteiger partial charge in [-0.1, -0.05) is 54.0 Å². The zero-order chi connectivity index (χ0) is 14.5. The normalized spacial score (nSPS) is 10.6. The molecule has 0 radical (unpaired) electrons. The third-order valence-electron chi connectivity index (χ3n) is 3.14. The fraction of sp³-hybridized carbons (Fsp3) is 0.235. The van der Waals surface area contributed by atoms with Crippen LogP contribution in [0.5, 0.6) is 5.75 Å². The number of hydrogen-bond acceptors (Lipinski definition) is 2. The van der Waals surface area contributed by atoms with Crippen molar-refractivity contribution in [2.75, 3.05) is 0 Å². The Labute approximate surface area is 127 Å². The maximum Gasteiger partial charge on any atom is 0.153 e. The predicted octanol–water partition coefficient (Wildman–Crippen LogP) is 4.96. The Balaban J connectivity index is 2.07. The van der Waals surface area contributed by atoms with Crippen LogP contribution in [0.2, 0.25) is 0 Å². The van der Waals surface area contributed by atoms with Gasteiger partial charge in [-0.25, -0.2) is 0 Å². The van der Waals surface area contributed by atoms with E-state index in [4.69, 9.17) is 4.74 Å². The zero-order valence-corrected chi connectivity index (χ0v) is 13.2. The molecule has 3 heteroatoms. The van der Waals surface area contributed by atoms with Crippen LogP contribution in [0.25, 0.3) is 0 Å². The Hall–Kier alpha value is -1.61. The van der Waals surface area contributed by atoms with Crippen LogP contribution < -0.4 is 4.74 Å². The van der Waals surface area contributed by atoms with Gasteiger partial charge in [0.1, 0.15) is 12.4 Å². The molecule has 2 nitrogen and oxygen atoms in total. The van der Waals surface area contributed by atoms with E-state index in [0.29, 0.717) is 23.8 Å². The molecule has 104 valence electrons. The Morgan fingerprint density at radius 3 is 2.45 bits per heavy atom. The minimum atomic E-state index is 0.459. The standard InChI is InChI=1S/C17H17BrO2/c1-12(2)14-5-3-13(4-6-14)11-20-17-8-7-16(18)9-15(17)10-19/h3-10,12H,11H2,1-2H3. The monoisotopic (exact) mass is 332 g/mol. The van der Waals surface area contributed by atoms with E-state index < -0.39 is 0 Å². The molecule has 0 aliphatic rings. The first-order valence-corrected chi connectivity index (χ1v) is 7.36. The fourth-order valence-corrected chi connectivity index (χ4v) is 2.28. The van der Waals surface area contributed by atoms with Gasteiger partial charge >= 0.3 is 0 Å². The highest BCUT2D eigenvalue weighted by Crippen LogP contribution is 2.23. The number of ether oxygens (including phenoxy) is 1. The van der Waals surface area contributed by atoms with Crippen LogP contribution in [-0.4, -0.2) is 6.29 Å². The van der Waals surface area contributed by atoms with Crippen molar-refractivity contribution in [3.63, 3.8) is 0 Å². The molecule has 0 aliphatic heterocycles. The molecule has 0 N–H and O–H groups in total. The maximum absolute atomic E-state index is 11.0. The van der Waals surface area contributed by atoms with Gasteiger partial charge < -0.3 is 4.74 Å². The van der Waals surface area contributed by atoms with Gasteiger partial charge in [-0.3, -0.25) is 4.79 Å². The summed E-state index contributed by atoms with van der Waals surface area (Å²) in [6.07, 6.45) is 0.807. The first kappa shape index (κ1) is 14.8. The molecule has 2 rings (SSSR count). The van der Waals surface area contributed by atoms with Crippen molar-refractivity contribution in [3.8, 4) is 5.75 Å². The summed E-state index contributed by atoms with van der Waals surface area (Å²) in [6, 6.07) is 13.8. The van der Waals surface area contributed by atoms with Crippen LogP contribution in [0.15, 0.2) is 46.9 Å². The quantitative estimate of drug-likeness (QED) is 0.723. The molecule has 20 heavy (non-hydrogen) atoms. The van der Waals surface area contributed by atoms with E-state index in [-0.39, 0.29) is 0 Å². The molecule has 0 amide bonds. The van der Waals surface area contributed by atoms with Crippen molar-refractivity contribution in [1.82, 2.24) is 0 Å². The van der Waals surface area contributed by atoms with Crippen molar-refractivity contribution in [2.24, 2.45) is 0 Å². The molecule has 0 unspecified atom stereocenters. The predicted molar refractivity (Wildman–Crippen MR) is 84.4 cm³/mol. The minimum absolute atomic E-state index is 0.459. The lowest BCUT2D eigenvalue weighted by Gasteiger charge is -2.10. The molecule has 0 bridgehead atoms. The summed E-state index contributed by atoms with van der Waals surface area (Å²) in [4.78, 5) is 11.0. The molecule has 0 aliphatic carbocycles. The molecule has 0 aromatic heterocycles. The van der Waals surface area contributed by atoms with Crippen LogP contribution in [0.3, 0.4) is 0 Å². The van der Waals surface area contributed by atoms with E-state index in [1.165, 1.54) is 5.56 Å². The van der Waals surface area contributed by atoms with Gasteiger partial charge in [0.05, 0.1) is 5.56 Å². The Morgan fingerprint density at radius 1 is 1.15 bits per heavy atom. The molecule has 2 aromatic rings. The molecule has 0 heterocycles. The van der Waals surface area contributed by atoms with Crippen LogP contribution in [-0.2, 0) is 6.61 Å². The molecule has 0 saturated heterocycles. The number of aldehydes is 1. The second-order valence-corrected chi connectivity index (χ2v) is 5.90. The van der Waals surface area contributed by atoms with E-state index in [9.17, 15) is 4.79 Å². The lowest BCUT2D eigenvalue weighted by molar-refractivity contribution is 0.111. The van der Waals surface area contributed by atoms with Gasteiger partial charge in [-0.2, -0.15) is 0 Å². The number of rotatable bonds is 5. The van der Waals surface area contributed by atoms with Crippen molar-refractivity contribution in [1.29, 1.82) is 0 Å². The van der Waals surface area contributed by atoms with Crippen molar-refractivity contribution in [2.45, 2.75) is 26.4 Å². The first-order chi connectivity index (χ1) is 9.60. The summed E-state index contributed by atoms with van der Waals surface area (Å²) in [7, 11) is 0. The lowest BCUT2D eigenvalue weighted by Crippen LogP contribution is -1.99. The number of hydrogen-bond donors (Lipinski definition) is 0. The third-order valence-corrected chi connectivity index (χ3v) is 3.63. The van der Waals surface area contributed by atoms with Crippen LogP contribution in [0, 0.1) is 0 Å². The zero-order valence-electron chi connectivity index (χ0n) is 11.6. The number of carbonyl (C=O) groups is 1. The Morgan fingerprint density at radius 2 is 1.85 bits per heavy atom. The third kappa shape index (κ3) is 3.70. The van der Waals surface area contributed by atoms with Gasteiger partial charge in [0.15, 0.2) is 6.29 Å². The van der Waals surface area contributed by atoms with E-state index in [0.717, 1.165) is 16.3 Å². The average molecular weight is 333 g/mol. The summed E-state index contributed by atoms with van der Waals surface area (Å²) in [5, 5.41) is 0. The smallest absolute Gasteiger partial charge is 0.153 e. The van der Waals surface area contributed by atoms with E-state index in [2.05, 4.69) is 54.0 Å². The second-order valence-electron chi connectivity index (χ2n) is 4.98. The van der Waals surface area contributed by atoms with Gasteiger partial charge in [-0.05, 0) is 35.2 Å². The number of carbonyl (C=O) groups excluding carboxylic acids is 1. The number of halogens is 1. The molecular formula is C17H17BrO2. The Bertz CT molecular complexity index is 588. The molecule has 0 atom stereocenters. The summed E-state index contributed by atoms with van der Waals surface area (Å²) in [6.45, 7) is 4.80. The second kappa shape index (κ2) is 6.71. The molecule has 2 aromatic carbocycles. The van der Waals surface area contributed by atoms with Crippen molar-refractivity contribution < 1.29 is 9.53 Å². The molecule has 0 saturated carbocycles. The van der Waals surface area contributed by atoms with Gasteiger partial charge in [0.25, 0.3) is 0 Å². The summed E-state index contributed by atoms with van der Waals surface area (Å²) in [5.41, 5.74) is 2.96. The summed E-state index contributed by atoms with van der Waals surface area (Å²) in [5.74, 6) is 1.13. The fourth-order valence-electron chi connectivity index (χ4n) is 1.90. The van der Waals surface area contributed by atoms with Crippen molar-refractivity contribution in [3.05, 3.63) is 63.6 Å². The van der Waals surface area contributed by atoms with Crippen LogP contribution in [0.4, 0.5) is 0 Å². The van der Waals surface area contributed by atoms with Gasteiger partial charge in [0.2, 0.25) is 0 Å². The maximum atomic E-state index is 11.0. The highest BCUT2D eigenvalue weighted by Gasteiger charge is 2.05. The first-order valence-electron chi connectivity index (χ1n) is 6.56. The van der Waals surface area contributed by atoms with E-state index >= 15 is 0 Å². The van der Waals surface area contributed by atoms with E-state index in [1.807, 2.05) is 6.07 Å². The largest absolute Gasteiger partial charge is 0.488 e. The van der Waals surface area contributed by atoms with Crippen LogP contribution in [0.1, 0.15) is 41.3 Å². The SMILES string of the molecule is CC(C)c1ccc(COc2ccc(Br)cc2C=O)cc1. The lowest BCUT2D eigenvalue weighted by atomic mass is 10.0. The molecule has 0 spiro atoms.